The van der Waals surface area contributed by atoms with Gasteiger partial charge < -0.3 is 4.90 Å². The molecule has 1 aliphatic rings. The van der Waals surface area contributed by atoms with E-state index in [1.807, 2.05) is 0 Å². The average Bonchev–Trinajstić information content (AvgIpc) is 2.46. The number of amides is 1. The van der Waals surface area contributed by atoms with Crippen molar-refractivity contribution in [2.45, 2.75) is 38.4 Å². The summed E-state index contributed by atoms with van der Waals surface area (Å²) in [6, 6.07) is 5.45. The Morgan fingerprint density at radius 1 is 1.26 bits per heavy atom. The van der Waals surface area contributed by atoms with Gasteiger partial charge in [0.05, 0.1) is 0 Å². The Morgan fingerprint density at radius 3 is 2.39 bits per heavy atom. The highest BCUT2D eigenvalue weighted by Gasteiger charge is 2.47. The molecule has 0 bridgehead atoms. The minimum absolute atomic E-state index is 0.0374. The van der Waals surface area contributed by atoms with Crippen molar-refractivity contribution >= 4 is 11.7 Å². The van der Waals surface area contributed by atoms with E-state index in [1.54, 1.807) is 13.0 Å². The summed E-state index contributed by atoms with van der Waals surface area (Å²) >= 11 is 0. The van der Waals surface area contributed by atoms with Crippen molar-refractivity contribution in [3.63, 3.8) is 0 Å². The number of carbonyl (C=O) groups excluding carboxylic acids is 2. The molecule has 0 unspecified atom stereocenters. The van der Waals surface area contributed by atoms with E-state index in [1.165, 1.54) is 31.3 Å². The zero-order valence-electron chi connectivity index (χ0n) is 13.1. The van der Waals surface area contributed by atoms with Gasteiger partial charge >= 0.3 is 6.18 Å². The van der Waals surface area contributed by atoms with Crippen LogP contribution in [0.25, 0.3) is 0 Å². The Bertz CT molecular complexity index is 571. The molecular formula is C17H20F3NO2. The number of nitrogens with zero attached hydrogens (tertiary/aromatic N) is 1. The van der Waals surface area contributed by atoms with E-state index < -0.39 is 24.0 Å². The highest BCUT2D eigenvalue weighted by Crippen LogP contribution is 2.39. The molecule has 0 aliphatic heterocycles. The molecule has 0 heterocycles. The lowest BCUT2D eigenvalue weighted by Crippen LogP contribution is -2.45. The topological polar surface area (TPSA) is 37.4 Å². The monoisotopic (exact) mass is 327 g/mol. The first-order valence-electron chi connectivity index (χ1n) is 7.62. The van der Waals surface area contributed by atoms with Crippen LogP contribution in [0.15, 0.2) is 30.3 Å². The van der Waals surface area contributed by atoms with Gasteiger partial charge in [-0.1, -0.05) is 37.3 Å². The van der Waals surface area contributed by atoms with E-state index in [9.17, 15) is 22.8 Å². The van der Waals surface area contributed by atoms with Gasteiger partial charge in [0.25, 0.3) is 0 Å². The lowest BCUT2D eigenvalue weighted by molar-refractivity contribution is -0.191. The molecule has 0 aromatic heterocycles. The first-order valence-corrected chi connectivity index (χ1v) is 7.62. The maximum absolute atomic E-state index is 13.5. The minimum Gasteiger partial charge on any atom is -0.330 e. The standard InChI is InChI=1S/C17H20F3NO2/c1-11-10-13(22)8-9-14(11)16(23)21(2)15(17(18,19)20)12-6-4-3-5-7-12/h3-7,11,14-15H,8-10H2,1-2H3/t11-,14+,15-/m1/s1. The largest absolute Gasteiger partial charge is 0.413 e. The number of ketones is 1. The Labute approximate surface area is 133 Å². The highest BCUT2D eigenvalue weighted by atomic mass is 19.4. The van der Waals surface area contributed by atoms with Crippen LogP contribution in [0.3, 0.4) is 0 Å². The van der Waals surface area contributed by atoms with Crippen molar-refractivity contribution < 1.29 is 22.8 Å². The van der Waals surface area contributed by atoms with Crippen molar-refractivity contribution in [2.75, 3.05) is 7.05 Å². The number of Topliss-reactive ketones (excluding diaryl/α,β-unsaturated/α-hetero) is 1. The Morgan fingerprint density at radius 2 is 1.87 bits per heavy atom. The molecule has 0 radical (unpaired) electrons. The van der Waals surface area contributed by atoms with Crippen LogP contribution in [0.5, 0.6) is 0 Å². The van der Waals surface area contributed by atoms with Crippen LogP contribution in [0.2, 0.25) is 0 Å². The molecule has 2 rings (SSSR count). The second kappa shape index (κ2) is 6.72. The number of hydrogen-bond acceptors (Lipinski definition) is 2. The maximum Gasteiger partial charge on any atom is 0.413 e. The van der Waals surface area contributed by atoms with Crippen molar-refractivity contribution in [1.82, 2.24) is 4.90 Å². The maximum atomic E-state index is 13.5. The second-order valence-corrected chi connectivity index (χ2v) is 6.17. The number of benzene rings is 1. The van der Waals surface area contributed by atoms with Gasteiger partial charge in [0.1, 0.15) is 5.78 Å². The highest BCUT2D eigenvalue weighted by molar-refractivity contribution is 5.85. The third-order valence-electron chi connectivity index (χ3n) is 4.45. The molecule has 0 N–H and O–H groups in total. The summed E-state index contributed by atoms with van der Waals surface area (Å²) in [5, 5.41) is 0. The van der Waals surface area contributed by atoms with Gasteiger partial charge in [-0.2, -0.15) is 13.2 Å². The normalized spacial score (nSPS) is 23.4. The number of hydrogen-bond donors (Lipinski definition) is 0. The van der Waals surface area contributed by atoms with Crippen LogP contribution >= 0.6 is 0 Å². The van der Waals surface area contributed by atoms with Crippen molar-refractivity contribution in [1.29, 1.82) is 0 Å². The van der Waals surface area contributed by atoms with Gasteiger partial charge in [0, 0.05) is 25.8 Å². The van der Waals surface area contributed by atoms with Gasteiger partial charge in [-0.25, -0.2) is 0 Å². The molecule has 1 aromatic rings. The summed E-state index contributed by atoms with van der Waals surface area (Å²) in [4.78, 5) is 24.8. The Kier molecular flexibility index (Phi) is 5.12. The fourth-order valence-corrected chi connectivity index (χ4v) is 3.23. The van der Waals surface area contributed by atoms with Crippen molar-refractivity contribution in [3.05, 3.63) is 35.9 Å². The summed E-state index contributed by atoms with van der Waals surface area (Å²) < 4.78 is 40.5. The smallest absolute Gasteiger partial charge is 0.330 e. The number of carbonyl (C=O) groups is 2. The zero-order chi connectivity index (χ0) is 17.2. The fraction of sp³-hybridized carbons (Fsp3) is 0.529. The number of alkyl halides is 3. The van der Waals surface area contributed by atoms with Crippen molar-refractivity contribution in [3.8, 4) is 0 Å². The third-order valence-corrected chi connectivity index (χ3v) is 4.45. The van der Waals surface area contributed by atoms with Gasteiger partial charge in [0.15, 0.2) is 6.04 Å². The van der Waals surface area contributed by atoms with Crippen LogP contribution in [0.1, 0.15) is 37.8 Å². The Balaban J connectivity index is 2.25. The summed E-state index contributed by atoms with van der Waals surface area (Å²) in [5.41, 5.74) is 0.0374. The predicted octanol–water partition coefficient (Wildman–Crippen LogP) is 3.75. The molecule has 0 spiro atoms. The van der Waals surface area contributed by atoms with E-state index in [4.69, 9.17) is 0 Å². The van der Waals surface area contributed by atoms with Crippen LogP contribution in [0, 0.1) is 11.8 Å². The quantitative estimate of drug-likeness (QED) is 0.848. The molecule has 1 amide bonds. The molecule has 1 aliphatic carbocycles. The number of halogens is 3. The zero-order valence-corrected chi connectivity index (χ0v) is 13.1. The molecule has 0 saturated heterocycles. The Hall–Kier alpha value is -1.85. The van der Waals surface area contributed by atoms with Gasteiger partial charge in [-0.15, -0.1) is 0 Å². The molecule has 1 fully saturated rings. The van der Waals surface area contributed by atoms with Crippen LogP contribution in [0.4, 0.5) is 13.2 Å². The van der Waals surface area contributed by atoms with Gasteiger partial charge in [-0.05, 0) is 17.9 Å². The van der Waals surface area contributed by atoms with Gasteiger partial charge in [0.2, 0.25) is 5.91 Å². The summed E-state index contributed by atoms with van der Waals surface area (Å²) in [7, 11) is 1.19. The van der Waals surface area contributed by atoms with Crippen LogP contribution in [-0.2, 0) is 9.59 Å². The molecular weight excluding hydrogens is 307 g/mol. The summed E-state index contributed by atoms with van der Waals surface area (Å²) in [6.07, 6.45) is -3.72. The van der Waals surface area contributed by atoms with E-state index >= 15 is 0 Å². The lowest BCUT2D eigenvalue weighted by atomic mass is 9.79. The minimum atomic E-state index is -4.56. The van der Waals surface area contributed by atoms with E-state index in [-0.39, 0.29) is 30.1 Å². The van der Waals surface area contributed by atoms with E-state index in [0.29, 0.717) is 6.42 Å². The third kappa shape index (κ3) is 3.92. The SMILES string of the molecule is C[C@@H]1CC(=O)CC[C@@H]1C(=O)N(C)[C@H](c1ccccc1)C(F)(F)F. The van der Waals surface area contributed by atoms with Crippen LogP contribution < -0.4 is 0 Å². The van der Waals surface area contributed by atoms with E-state index in [2.05, 4.69) is 0 Å². The van der Waals surface area contributed by atoms with Gasteiger partial charge in [-0.3, -0.25) is 9.59 Å². The lowest BCUT2D eigenvalue weighted by Gasteiger charge is -2.36. The first kappa shape index (κ1) is 17.5. The van der Waals surface area contributed by atoms with Crippen molar-refractivity contribution in [2.24, 2.45) is 11.8 Å². The molecule has 3 nitrogen and oxygen atoms in total. The molecule has 6 heteroatoms. The fourth-order valence-electron chi connectivity index (χ4n) is 3.23. The molecule has 1 saturated carbocycles. The molecule has 23 heavy (non-hydrogen) atoms. The predicted molar refractivity (Wildman–Crippen MR) is 79.5 cm³/mol. The molecule has 126 valence electrons. The average molecular weight is 327 g/mol. The number of rotatable bonds is 3. The summed E-state index contributed by atoms with van der Waals surface area (Å²) in [5.74, 6) is -1.24. The molecule has 1 aromatic carbocycles. The van der Waals surface area contributed by atoms with E-state index in [0.717, 1.165) is 4.90 Å². The van der Waals surface area contributed by atoms with Crippen LogP contribution in [-0.4, -0.2) is 29.8 Å². The summed E-state index contributed by atoms with van der Waals surface area (Å²) in [6.45, 7) is 1.75. The molecule has 3 atom stereocenters. The second-order valence-electron chi connectivity index (χ2n) is 6.17. The first-order chi connectivity index (χ1) is 10.7.